The van der Waals surface area contributed by atoms with E-state index in [1.54, 1.807) is 12.1 Å². The van der Waals surface area contributed by atoms with Crippen LogP contribution in [0.5, 0.6) is 0 Å². The summed E-state index contributed by atoms with van der Waals surface area (Å²) in [7, 11) is 0. The number of guanidine groups is 1. The van der Waals surface area contributed by atoms with Crippen LogP contribution in [0, 0.1) is 34.0 Å². The van der Waals surface area contributed by atoms with Crippen LogP contribution in [0.15, 0.2) is 34.2 Å². The number of ether oxygens (including phenoxy) is 1. The lowest BCUT2D eigenvalue weighted by molar-refractivity contribution is -0.211. The van der Waals surface area contributed by atoms with Crippen molar-refractivity contribution in [2.24, 2.45) is 56.2 Å². The van der Waals surface area contributed by atoms with Gasteiger partial charge in [0.2, 0.25) is 0 Å². The minimum atomic E-state index is -0.713. The molecule has 3 aliphatic rings. The highest BCUT2D eigenvalue weighted by Gasteiger charge is 2.68. The average Bonchev–Trinajstić information content (AvgIpc) is 3.34. The number of carbonyl (C=O) groups excluding carboxylic acids is 3. The van der Waals surface area contributed by atoms with Crippen molar-refractivity contribution in [3.63, 3.8) is 0 Å². The molecule has 0 heterocycles. The Bertz CT molecular complexity index is 1240. The second-order valence-corrected chi connectivity index (χ2v) is 15.1. The summed E-state index contributed by atoms with van der Waals surface area (Å²) in [5.74, 6) is -0.148. The number of aliphatic imine (C=N–C) groups is 1. The largest absolute Gasteiger partial charge is 0.461 e. The second-order valence-electron chi connectivity index (χ2n) is 14.0. The topological polar surface area (TPSA) is 171 Å². The summed E-state index contributed by atoms with van der Waals surface area (Å²) in [5.41, 5.74) is 15.9. The summed E-state index contributed by atoms with van der Waals surface area (Å²) in [6.45, 7) is 9.41. The number of aliphatic hydroxyl groups is 1. The van der Waals surface area contributed by atoms with Crippen LogP contribution >= 0.6 is 11.8 Å². The molecule has 0 spiro atoms. The highest BCUT2D eigenvalue weighted by Crippen LogP contribution is 2.68. The molecule has 0 aliphatic heterocycles. The van der Waals surface area contributed by atoms with Gasteiger partial charge < -0.3 is 27.0 Å². The molecule has 3 aliphatic carbocycles. The predicted octanol–water partition coefficient (Wildman–Crippen LogP) is 4.47. The van der Waals surface area contributed by atoms with Crippen LogP contribution < -0.4 is 17.2 Å². The van der Waals surface area contributed by atoms with E-state index in [2.05, 4.69) is 25.8 Å². The summed E-state index contributed by atoms with van der Waals surface area (Å²) in [4.78, 5) is 44.7. The first-order valence-electron chi connectivity index (χ1n) is 16.2. The molecule has 10 heteroatoms. The molecule has 4 rings (SSSR count). The molecule has 0 saturated heterocycles. The number of nitrogens with two attached hydrogens (primary N) is 3. The third kappa shape index (κ3) is 6.72. The number of benzene rings is 1. The van der Waals surface area contributed by atoms with E-state index >= 15 is 0 Å². The van der Waals surface area contributed by atoms with Gasteiger partial charge in [0.15, 0.2) is 11.7 Å². The molecule has 1 aromatic rings. The minimum absolute atomic E-state index is 0.00322. The van der Waals surface area contributed by atoms with Crippen molar-refractivity contribution in [3.8, 4) is 0 Å². The van der Waals surface area contributed by atoms with Gasteiger partial charge in [0.25, 0.3) is 0 Å². The molecular formula is C34H52N4O5S. The van der Waals surface area contributed by atoms with Crippen molar-refractivity contribution < 1.29 is 24.2 Å². The van der Waals surface area contributed by atoms with Gasteiger partial charge in [-0.2, -0.15) is 0 Å². The molecule has 44 heavy (non-hydrogen) atoms. The summed E-state index contributed by atoms with van der Waals surface area (Å²) in [6, 6.07) is 7.32. The number of ketones is 2. The van der Waals surface area contributed by atoms with Crippen molar-refractivity contribution in [2.45, 2.75) is 103 Å². The molecule has 9 nitrogen and oxygen atoms in total. The van der Waals surface area contributed by atoms with Gasteiger partial charge >= 0.3 is 5.97 Å². The molecule has 0 aromatic heterocycles. The molecule has 1 aromatic carbocycles. The maximum Gasteiger partial charge on any atom is 0.316 e. The lowest BCUT2D eigenvalue weighted by Gasteiger charge is -2.62. The first-order valence-corrected chi connectivity index (χ1v) is 17.2. The number of hydrogen-bond acceptors (Lipinski definition) is 8. The third-order valence-corrected chi connectivity index (χ3v) is 12.5. The Balaban J connectivity index is 1.56. The first kappa shape index (κ1) is 34.4. The van der Waals surface area contributed by atoms with Crippen molar-refractivity contribution in [2.75, 3.05) is 18.8 Å². The zero-order chi connectivity index (χ0) is 32.3. The predicted molar refractivity (Wildman–Crippen MR) is 174 cm³/mol. The fraction of sp³-hybridized carbons (Fsp3) is 0.706. The highest BCUT2D eigenvalue weighted by molar-refractivity contribution is 8.00. The zero-order valence-electron chi connectivity index (χ0n) is 26.8. The molecule has 3 saturated carbocycles. The summed E-state index contributed by atoms with van der Waals surface area (Å²) >= 11 is 1.36. The maximum absolute atomic E-state index is 13.7. The Morgan fingerprint density at radius 2 is 1.82 bits per heavy atom. The molecule has 2 bridgehead atoms. The minimum Gasteiger partial charge on any atom is -0.461 e. The van der Waals surface area contributed by atoms with Crippen LogP contribution in [-0.2, 0) is 14.3 Å². The van der Waals surface area contributed by atoms with Gasteiger partial charge in [-0.3, -0.25) is 19.4 Å². The van der Waals surface area contributed by atoms with Crippen molar-refractivity contribution in [1.29, 1.82) is 0 Å². The molecule has 244 valence electrons. The number of carbonyl (C=O) groups is 3. The van der Waals surface area contributed by atoms with Crippen LogP contribution in [0.2, 0.25) is 0 Å². The maximum atomic E-state index is 13.7. The zero-order valence-corrected chi connectivity index (χ0v) is 27.7. The monoisotopic (exact) mass is 628 g/mol. The average molecular weight is 629 g/mol. The molecule has 0 unspecified atom stereocenters. The van der Waals surface area contributed by atoms with Gasteiger partial charge in [-0.15, -0.1) is 11.8 Å². The van der Waals surface area contributed by atoms with Crippen LogP contribution in [0.1, 0.15) is 95.8 Å². The van der Waals surface area contributed by atoms with E-state index in [1.165, 1.54) is 11.8 Å². The fourth-order valence-corrected chi connectivity index (χ4v) is 9.37. The highest BCUT2D eigenvalue weighted by atomic mass is 32.2. The number of aliphatic hydroxyl groups excluding tert-OH is 1. The normalized spacial score (nSPS) is 34.9. The SMILES string of the molecule is C[C@@H]1CC[C@@]23CCC(=O)[C@H]2[C@]1(C)[C@H](OC(=O)CSc1ccc(C(=O)CCCCN)cc1)C[C@](C)(CCN=C(N)N)[C@@H](O)[C@@H]3C. The van der Waals surface area contributed by atoms with E-state index in [4.69, 9.17) is 21.9 Å². The molecule has 7 N–H and O–H groups in total. The summed E-state index contributed by atoms with van der Waals surface area (Å²) < 4.78 is 6.41. The number of esters is 1. The van der Waals surface area contributed by atoms with Gasteiger partial charge in [-0.1, -0.05) is 39.8 Å². The Morgan fingerprint density at radius 1 is 1.11 bits per heavy atom. The number of thioether (sulfide) groups is 1. The smallest absolute Gasteiger partial charge is 0.316 e. The van der Waals surface area contributed by atoms with Crippen LogP contribution in [0.4, 0.5) is 0 Å². The van der Waals surface area contributed by atoms with Gasteiger partial charge in [0.05, 0.1) is 11.9 Å². The quantitative estimate of drug-likeness (QED) is 0.0651. The number of unbranched alkanes of at least 4 members (excludes halogenated alkanes) is 1. The van der Waals surface area contributed by atoms with E-state index < -0.39 is 23.0 Å². The number of hydrogen-bond donors (Lipinski definition) is 4. The van der Waals surface area contributed by atoms with Gasteiger partial charge in [0, 0.05) is 41.2 Å². The van der Waals surface area contributed by atoms with E-state index in [9.17, 15) is 19.5 Å². The lowest BCUT2D eigenvalue weighted by Crippen LogP contribution is -2.63. The van der Waals surface area contributed by atoms with Crippen molar-refractivity contribution in [3.05, 3.63) is 29.8 Å². The van der Waals surface area contributed by atoms with Crippen LogP contribution in [0.25, 0.3) is 0 Å². The van der Waals surface area contributed by atoms with Crippen molar-refractivity contribution in [1.82, 2.24) is 0 Å². The molecule has 0 amide bonds. The van der Waals surface area contributed by atoms with Crippen LogP contribution in [0.3, 0.4) is 0 Å². The van der Waals surface area contributed by atoms with Crippen molar-refractivity contribution >= 4 is 35.3 Å². The first-order chi connectivity index (χ1) is 20.8. The van der Waals surface area contributed by atoms with Crippen LogP contribution in [-0.4, -0.2) is 59.7 Å². The Kier molecular flexibility index (Phi) is 10.9. The number of nitrogens with zero attached hydrogens (tertiary/aromatic N) is 1. The van der Waals surface area contributed by atoms with Gasteiger partial charge in [-0.25, -0.2) is 0 Å². The Morgan fingerprint density at radius 3 is 2.48 bits per heavy atom. The van der Waals surface area contributed by atoms with E-state index in [0.717, 1.165) is 37.0 Å². The van der Waals surface area contributed by atoms with E-state index in [1.807, 2.05) is 19.1 Å². The standard InChI is InChI=1S/C34H52N4O5S/c1-21-12-14-34-15-13-26(40)29(34)33(21,4)27(19-32(3,30(42)22(34)2)16-18-38-31(36)37)43-28(41)20-44-24-10-8-23(9-11-24)25(39)7-5-6-17-35/h8-11,21-22,27,29-30,42H,5-7,12-20,35H2,1-4H3,(H4,36,37,38)/t21-,22+,27-,29+,30+,32+,33+,34+/m1/s1. The number of rotatable bonds is 12. The molecule has 0 radical (unpaired) electrons. The number of Topliss-reactive ketones (excluding diaryl/α,β-unsaturated/α-hetero) is 2. The van der Waals surface area contributed by atoms with Gasteiger partial charge in [0.1, 0.15) is 11.9 Å². The lowest BCUT2D eigenvalue weighted by atomic mass is 9.43. The van der Waals surface area contributed by atoms with E-state index in [-0.39, 0.29) is 52.4 Å². The Labute approximate surface area is 266 Å². The molecule has 8 atom stereocenters. The Hall–Kier alpha value is -2.43. The molecular weight excluding hydrogens is 576 g/mol. The van der Waals surface area contributed by atoms with Gasteiger partial charge in [-0.05, 0) is 86.3 Å². The fourth-order valence-electron chi connectivity index (χ4n) is 8.69. The van der Waals surface area contributed by atoms with E-state index in [0.29, 0.717) is 44.3 Å². The third-order valence-electron chi connectivity index (χ3n) is 11.5. The molecule has 3 fully saturated rings. The summed E-state index contributed by atoms with van der Waals surface area (Å²) in [5, 5.41) is 12.0. The summed E-state index contributed by atoms with van der Waals surface area (Å²) in [6.07, 6.45) is 4.78. The second kappa shape index (κ2) is 13.9.